The van der Waals surface area contributed by atoms with Crippen molar-refractivity contribution in [1.82, 2.24) is 10.6 Å². The second kappa shape index (κ2) is 5.46. The average molecular weight is 283 g/mol. The molecular weight excluding hydrogens is 268 g/mol. The third-order valence-corrected chi connectivity index (χ3v) is 3.34. The van der Waals surface area contributed by atoms with Gasteiger partial charge in [0.1, 0.15) is 0 Å². The fourth-order valence-corrected chi connectivity index (χ4v) is 1.85. The molecule has 2 rings (SSSR count). The molecule has 4 heteroatoms. The standard InChI is InChI=1S/C12H15BrN2O/c13-11-4-2-1-3-9(11)7-15-12(16)8-14-10-5-6-10/h1-4,10,14H,5-8H2,(H,15,16). The van der Waals surface area contributed by atoms with Gasteiger partial charge < -0.3 is 10.6 Å². The minimum absolute atomic E-state index is 0.0580. The van der Waals surface area contributed by atoms with E-state index in [-0.39, 0.29) is 5.91 Å². The van der Waals surface area contributed by atoms with Crippen molar-refractivity contribution < 1.29 is 4.79 Å². The Labute approximate surface area is 104 Å². The lowest BCUT2D eigenvalue weighted by molar-refractivity contribution is -0.120. The van der Waals surface area contributed by atoms with Crippen LogP contribution in [0.15, 0.2) is 28.7 Å². The Morgan fingerprint density at radius 3 is 2.81 bits per heavy atom. The van der Waals surface area contributed by atoms with E-state index >= 15 is 0 Å². The Kier molecular flexibility index (Phi) is 3.96. The number of hydrogen-bond acceptors (Lipinski definition) is 2. The zero-order chi connectivity index (χ0) is 11.4. The van der Waals surface area contributed by atoms with Crippen LogP contribution in [0.3, 0.4) is 0 Å². The summed E-state index contributed by atoms with van der Waals surface area (Å²) in [4.78, 5) is 11.5. The third-order valence-electron chi connectivity index (χ3n) is 2.56. The summed E-state index contributed by atoms with van der Waals surface area (Å²) in [7, 11) is 0. The maximum atomic E-state index is 11.5. The Bertz CT molecular complexity index is 377. The Hall–Kier alpha value is -0.870. The highest BCUT2D eigenvalue weighted by Gasteiger charge is 2.20. The van der Waals surface area contributed by atoms with Gasteiger partial charge in [-0.05, 0) is 24.5 Å². The van der Waals surface area contributed by atoms with Crippen LogP contribution >= 0.6 is 15.9 Å². The van der Waals surface area contributed by atoms with E-state index in [4.69, 9.17) is 0 Å². The Balaban J connectivity index is 1.73. The summed E-state index contributed by atoms with van der Waals surface area (Å²) in [5.41, 5.74) is 1.10. The topological polar surface area (TPSA) is 41.1 Å². The van der Waals surface area contributed by atoms with E-state index < -0.39 is 0 Å². The number of nitrogens with one attached hydrogen (secondary N) is 2. The summed E-state index contributed by atoms with van der Waals surface area (Å²) in [5, 5.41) is 6.07. The SMILES string of the molecule is O=C(CNC1CC1)NCc1ccccc1Br. The molecule has 0 saturated heterocycles. The molecule has 0 atom stereocenters. The molecule has 86 valence electrons. The average Bonchev–Trinajstić information content (AvgIpc) is 3.09. The molecule has 1 aliphatic rings. The highest BCUT2D eigenvalue weighted by atomic mass is 79.9. The van der Waals surface area contributed by atoms with E-state index in [0.29, 0.717) is 19.1 Å². The Morgan fingerprint density at radius 1 is 1.38 bits per heavy atom. The largest absolute Gasteiger partial charge is 0.351 e. The molecule has 2 N–H and O–H groups in total. The van der Waals surface area contributed by atoms with E-state index in [1.807, 2.05) is 24.3 Å². The second-order valence-corrected chi connectivity index (χ2v) is 4.88. The van der Waals surface area contributed by atoms with Gasteiger partial charge in [0.2, 0.25) is 5.91 Å². The van der Waals surface area contributed by atoms with Crippen LogP contribution in [-0.4, -0.2) is 18.5 Å². The van der Waals surface area contributed by atoms with Crippen LogP contribution in [0.25, 0.3) is 0 Å². The fraction of sp³-hybridized carbons (Fsp3) is 0.417. The van der Waals surface area contributed by atoms with Gasteiger partial charge in [-0.15, -0.1) is 0 Å². The molecule has 1 amide bonds. The van der Waals surface area contributed by atoms with Crippen molar-refractivity contribution in [2.75, 3.05) is 6.54 Å². The first-order valence-electron chi connectivity index (χ1n) is 5.49. The number of rotatable bonds is 5. The molecule has 0 aromatic heterocycles. The van der Waals surface area contributed by atoms with Gasteiger partial charge in [-0.3, -0.25) is 4.79 Å². The van der Waals surface area contributed by atoms with Crippen LogP contribution in [0, 0.1) is 0 Å². The third kappa shape index (κ3) is 3.61. The van der Waals surface area contributed by atoms with Gasteiger partial charge in [-0.25, -0.2) is 0 Å². The van der Waals surface area contributed by atoms with Crippen molar-refractivity contribution in [3.05, 3.63) is 34.3 Å². The second-order valence-electron chi connectivity index (χ2n) is 4.02. The molecule has 1 aromatic rings. The van der Waals surface area contributed by atoms with Crippen molar-refractivity contribution in [1.29, 1.82) is 0 Å². The van der Waals surface area contributed by atoms with Crippen molar-refractivity contribution in [2.24, 2.45) is 0 Å². The normalized spacial score (nSPS) is 14.8. The van der Waals surface area contributed by atoms with Crippen LogP contribution < -0.4 is 10.6 Å². The lowest BCUT2D eigenvalue weighted by atomic mass is 10.2. The van der Waals surface area contributed by atoms with E-state index in [2.05, 4.69) is 26.6 Å². The first kappa shape index (κ1) is 11.6. The minimum Gasteiger partial charge on any atom is -0.351 e. The van der Waals surface area contributed by atoms with Gasteiger partial charge in [0, 0.05) is 17.1 Å². The molecule has 3 nitrogen and oxygen atoms in total. The highest BCUT2D eigenvalue weighted by molar-refractivity contribution is 9.10. The zero-order valence-corrected chi connectivity index (χ0v) is 10.6. The number of carbonyl (C=O) groups excluding carboxylic acids is 1. The molecule has 16 heavy (non-hydrogen) atoms. The lowest BCUT2D eigenvalue weighted by Gasteiger charge is -2.07. The van der Waals surface area contributed by atoms with E-state index in [9.17, 15) is 4.79 Å². The number of halogens is 1. The van der Waals surface area contributed by atoms with Gasteiger partial charge in [-0.1, -0.05) is 34.1 Å². The van der Waals surface area contributed by atoms with Gasteiger partial charge in [0.25, 0.3) is 0 Å². The first-order chi connectivity index (χ1) is 7.75. The van der Waals surface area contributed by atoms with Gasteiger partial charge >= 0.3 is 0 Å². The summed E-state index contributed by atoms with van der Waals surface area (Å²) in [6, 6.07) is 8.48. The first-order valence-corrected chi connectivity index (χ1v) is 6.28. The van der Waals surface area contributed by atoms with E-state index in [1.54, 1.807) is 0 Å². The molecule has 0 unspecified atom stereocenters. The predicted octanol–water partition coefficient (Wildman–Crippen LogP) is 1.82. The van der Waals surface area contributed by atoms with Crippen molar-refractivity contribution in [3.8, 4) is 0 Å². The maximum Gasteiger partial charge on any atom is 0.234 e. The van der Waals surface area contributed by atoms with Crippen LogP contribution in [-0.2, 0) is 11.3 Å². The summed E-state index contributed by atoms with van der Waals surface area (Å²) in [6.07, 6.45) is 2.41. The van der Waals surface area contributed by atoms with Gasteiger partial charge in [0.05, 0.1) is 6.54 Å². The molecule has 0 spiro atoms. The van der Waals surface area contributed by atoms with Crippen LogP contribution in [0.5, 0.6) is 0 Å². The van der Waals surface area contributed by atoms with E-state index in [0.717, 1.165) is 10.0 Å². The smallest absolute Gasteiger partial charge is 0.234 e. The zero-order valence-electron chi connectivity index (χ0n) is 9.00. The number of carbonyl (C=O) groups is 1. The molecule has 1 aliphatic carbocycles. The molecule has 0 bridgehead atoms. The minimum atomic E-state index is 0.0580. The number of amides is 1. The molecule has 1 aromatic carbocycles. The van der Waals surface area contributed by atoms with Gasteiger partial charge in [0.15, 0.2) is 0 Å². The molecule has 1 saturated carbocycles. The summed E-state index contributed by atoms with van der Waals surface area (Å²) >= 11 is 3.45. The number of hydrogen-bond donors (Lipinski definition) is 2. The van der Waals surface area contributed by atoms with Crippen molar-refractivity contribution >= 4 is 21.8 Å². The fourth-order valence-electron chi connectivity index (χ4n) is 1.42. The molecule has 0 heterocycles. The van der Waals surface area contributed by atoms with Crippen LogP contribution in [0.2, 0.25) is 0 Å². The molecular formula is C12H15BrN2O. The van der Waals surface area contributed by atoms with Crippen LogP contribution in [0.1, 0.15) is 18.4 Å². The summed E-state index contributed by atoms with van der Waals surface area (Å²) in [5.74, 6) is 0.0580. The number of benzene rings is 1. The van der Waals surface area contributed by atoms with E-state index in [1.165, 1.54) is 12.8 Å². The van der Waals surface area contributed by atoms with Crippen molar-refractivity contribution in [3.63, 3.8) is 0 Å². The summed E-state index contributed by atoms with van der Waals surface area (Å²) < 4.78 is 1.03. The van der Waals surface area contributed by atoms with Gasteiger partial charge in [-0.2, -0.15) is 0 Å². The van der Waals surface area contributed by atoms with Crippen LogP contribution in [0.4, 0.5) is 0 Å². The molecule has 0 aliphatic heterocycles. The van der Waals surface area contributed by atoms with Crippen molar-refractivity contribution in [2.45, 2.75) is 25.4 Å². The quantitative estimate of drug-likeness (QED) is 0.865. The molecule has 0 radical (unpaired) electrons. The Morgan fingerprint density at radius 2 is 2.12 bits per heavy atom. The predicted molar refractivity (Wildman–Crippen MR) is 67.0 cm³/mol. The lowest BCUT2D eigenvalue weighted by Crippen LogP contribution is -2.34. The highest BCUT2D eigenvalue weighted by Crippen LogP contribution is 2.18. The monoisotopic (exact) mass is 282 g/mol. The summed E-state index contributed by atoms with van der Waals surface area (Å²) in [6.45, 7) is 1.00. The molecule has 1 fully saturated rings. The maximum absolute atomic E-state index is 11.5.